The molecule has 150 valence electrons. The Kier molecular flexibility index (Phi) is 7.14. The van der Waals surface area contributed by atoms with E-state index in [1.54, 1.807) is 26.8 Å². The zero-order valence-corrected chi connectivity index (χ0v) is 15.5. The van der Waals surface area contributed by atoms with Gasteiger partial charge in [-0.1, -0.05) is 6.07 Å². The molecule has 0 spiro atoms. The van der Waals surface area contributed by atoms with Crippen molar-refractivity contribution in [2.75, 3.05) is 6.61 Å². The van der Waals surface area contributed by atoms with Crippen molar-refractivity contribution in [2.45, 2.75) is 27.4 Å². The first-order valence-corrected chi connectivity index (χ1v) is 8.37. The van der Waals surface area contributed by atoms with Gasteiger partial charge in [0.05, 0.1) is 12.2 Å². The normalized spacial score (nSPS) is 10.9. The van der Waals surface area contributed by atoms with Crippen molar-refractivity contribution < 1.29 is 32.3 Å². The van der Waals surface area contributed by atoms with Gasteiger partial charge >= 0.3 is 6.61 Å². The van der Waals surface area contributed by atoms with Crippen molar-refractivity contribution in [1.29, 1.82) is 0 Å². The van der Waals surface area contributed by atoms with Crippen LogP contribution >= 0.6 is 0 Å². The fraction of sp³-hybridized carbons (Fsp3) is 0.263. The third kappa shape index (κ3) is 5.83. The maximum Gasteiger partial charge on any atom is 0.387 e. The number of furan rings is 1. The fourth-order valence-electron chi connectivity index (χ4n) is 2.35. The average Bonchev–Trinajstić information content (AvgIpc) is 2.98. The molecule has 0 aliphatic carbocycles. The summed E-state index contributed by atoms with van der Waals surface area (Å²) in [5.41, 5.74) is 5.36. The number of carbonyl (C=O) groups is 2. The maximum absolute atomic E-state index is 12.4. The zero-order chi connectivity index (χ0) is 20.7. The zero-order valence-electron chi connectivity index (χ0n) is 15.5. The molecular weight excluding hydrogens is 374 g/mol. The second-order valence-corrected chi connectivity index (χ2v) is 5.62. The van der Waals surface area contributed by atoms with Crippen molar-refractivity contribution in [1.82, 2.24) is 10.9 Å². The van der Waals surface area contributed by atoms with Crippen molar-refractivity contribution >= 4 is 17.9 Å². The summed E-state index contributed by atoms with van der Waals surface area (Å²) in [7, 11) is 0. The van der Waals surface area contributed by atoms with Gasteiger partial charge in [-0.2, -0.15) is 8.78 Å². The molecule has 1 aromatic carbocycles. The number of aryl methyl sites for hydroxylation is 2. The number of ether oxygens (including phenoxy) is 2. The molecule has 28 heavy (non-hydrogen) atoms. The van der Waals surface area contributed by atoms with Gasteiger partial charge in [0.2, 0.25) is 0 Å². The Labute approximate surface area is 160 Å². The number of hydrazine groups is 1. The number of carbonyl (C=O) groups excluding carboxylic acids is 2. The molecule has 7 nitrogen and oxygen atoms in total. The van der Waals surface area contributed by atoms with Crippen LogP contribution in [0.2, 0.25) is 0 Å². The minimum absolute atomic E-state index is 0.100. The van der Waals surface area contributed by atoms with Crippen LogP contribution in [0.1, 0.15) is 34.4 Å². The molecule has 0 bridgehead atoms. The van der Waals surface area contributed by atoms with E-state index in [4.69, 9.17) is 9.15 Å². The number of benzene rings is 1. The lowest BCUT2D eigenvalue weighted by atomic mass is 10.2. The summed E-state index contributed by atoms with van der Waals surface area (Å²) in [4.78, 5) is 23.9. The number of halogens is 2. The Morgan fingerprint density at radius 3 is 2.54 bits per heavy atom. The first-order valence-electron chi connectivity index (χ1n) is 8.37. The third-order valence-corrected chi connectivity index (χ3v) is 3.50. The van der Waals surface area contributed by atoms with Crippen LogP contribution in [-0.4, -0.2) is 25.0 Å². The Morgan fingerprint density at radius 2 is 1.93 bits per heavy atom. The van der Waals surface area contributed by atoms with Gasteiger partial charge < -0.3 is 13.9 Å². The van der Waals surface area contributed by atoms with E-state index >= 15 is 0 Å². The molecule has 0 fully saturated rings. The molecule has 2 amide bonds. The number of nitrogens with one attached hydrogen (secondary N) is 2. The standard InChI is InChI=1S/C19H20F2N2O5/c1-4-26-16-10-13(5-7-15(16)28-19(20)21)6-8-17(24)22-23-18(25)14-9-11(2)27-12(14)3/h5-10,19H,4H2,1-3H3,(H,22,24)(H,23,25)/b8-6+. The Bertz CT molecular complexity index is 877. The molecule has 0 aliphatic rings. The van der Waals surface area contributed by atoms with Gasteiger partial charge in [-0.25, -0.2) is 0 Å². The van der Waals surface area contributed by atoms with Crippen molar-refractivity contribution in [2.24, 2.45) is 0 Å². The molecule has 2 N–H and O–H groups in total. The first kappa shape index (κ1) is 20.9. The Morgan fingerprint density at radius 1 is 1.18 bits per heavy atom. The van der Waals surface area contributed by atoms with Gasteiger partial charge in [-0.05, 0) is 50.6 Å². The van der Waals surface area contributed by atoms with Crippen LogP contribution in [0.5, 0.6) is 11.5 Å². The van der Waals surface area contributed by atoms with Gasteiger partial charge in [-0.3, -0.25) is 20.4 Å². The van der Waals surface area contributed by atoms with Crippen LogP contribution in [0.25, 0.3) is 6.08 Å². The average molecular weight is 394 g/mol. The molecule has 1 aromatic heterocycles. The molecule has 9 heteroatoms. The molecule has 1 heterocycles. The minimum Gasteiger partial charge on any atom is -0.490 e. The maximum atomic E-state index is 12.4. The second-order valence-electron chi connectivity index (χ2n) is 5.62. The molecule has 2 aromatic rings. The highest BCUT2D eigenvalue weighted by Crippen LogP contribution is 2.30. The summed E-state index contributed by atoms with van der Waals surface area (Å²) in [6, 6.07) is 5.83. The number of hydrogen-bond donors (Lipinski definition) is 2. The van der Waals surface area contributed by atoms with Crippen molar-refractivity contribution in [3.8, 4) is 11.5 Å². The highest BCUT2D eigenvalue weighted by Gasteiger charge is 2.14. The lowest BCUT2D eigenvalue weighted by Crippen LogP contribution is -2.40. The van der Waals surface area contributed by atoms with Crippen LogP contribution in [0.3, 0.4) is 0 Å². The number of alkyl halides is 2. The van der Waals surface area contributed by atoms with Crippen molar-refractivity contribution in [3.05, 3.63) is 53.0 Å². The lowest BCUT2D eigenvalue weighted by Gasteiger charge is -2.11. The highest BCUT2D eigenvalue weighted by atomic mass is 19.3. The summed E-state index contributed by atoms with van der Waals surface area (Å²) in [6.07, 6.45) is 2.61. The molecular formula is C19H20F2N2O5. The van der Waals surface area contributed by atoms with E-state index in [1.165, 1.54) is 30.4 Å². The van der Waals surface area contributed by atoms with Crippen molar-refractivity contribution in [3.63, 3.8) is 0 Å². The summed E-state index contributed by atoms with van der Waals surface area (Å²) in [5, 5.41) is 0. The van der Waals surface area contributed by atoms with E-state index in [1.807, 2.05) is 0 Å². The van der Waals surface area contributed by atoms with Crippen LogP contribution in [0.4, 0.5) is 8.78 Å². The smallest absolute Gasteiger partial charge is 0.387 e. The van der Waals surface area contributed by atoms with Gasteiger partial charge in [0, 0.05) is 6.08 Å². The first-order chi connectivity index (χ1) is 13.3. The van der Waals surface area contributed by atoms with Gasteiger partial charge in [0.25, 0.3) is 11.8 Å². The number of amides is 2. The molecule has 0 atom stereocenters. The molecule has 0 saturated carbocycles. The third-order valence-electron chi connectivity index (χ3n) is 3.50. The molecule has 0 unspecified atom stereocenters. The number of rotatable bonds is 7. The van der Waals surface area contributed by atoms with Crippen LogP contribution in [-0.2, 0) is 4.79 Å². The minimum atomic E-state index is -2.97. The molecule has 2 rings (SSSR count). The molecule has 0 saturated heterocycles. The monoisotopic (exact) mass is 394 g/mol. The van der Waals surface area contributed by atoms with E-state index in [-0.39, 0.29) is 18.1 Å². The van der Waals surface area contributed by atoms with Crippen LogP contribution in [0, 0.1) is 13.8 Å². The summed E-state index contributed by atoms with van der Waals surface area (Å²) < 4.78 is 39.7. The van der Waals surface area contributed by atoms with Gasteiger partial charge in [0.1, 0.15) is 11.5 Å². The number of hydrogen-bond acceptors (Lipinski definition) is 5. The second kappa shape index (κ2) is 9.54. The molecule has 0 aliphatic heterocycles. The van der Waals surface area contributed by atoms with E-state index in [0.29, 0.717) is 22.6 Å². The van der Waals surface area contributed by atoms with E-state index in [9.17, 15) is 18.4 Å². The predicted molar refractivity (Wildman–Crippen MR) is 97.1 cm³/mol. The Balaban J connectivity index is 1.98. The lowest BCUT2D eigenvalue weighted by molar-refractivity contribution is -0.117. The van der Waals surface area contributed by atoms with E-state index < -0.39 is 18.4 Å². The fourth-order valence-corrected chi connectivity index (χ4v) is 2.35. The predicted octanol–water partition coefficient (Wildman–Crippen LogP) is 3.37. The van der Waals surface area contributed by atoms with Gasteiger partial charge in [-0.15, -0.1) is 0 Å². The molecule has 0 radical (unpaired) electrons. The van der Waals surface area contributed by atoms with Gasteiger partial charge in [0.15, 0.2) is 11.5 Å². The topological polar surface area (TPSA) is 89.8 Å². The van der Waals surface area contributed by atoms with Crippen LogP contribution in [0.15, 0.2) is 34.8 Å². The summed E-state index contributed by atoms with van der Waals surface area (Å²) >= 11 is 0. The van der Waals surface area contributed by atoms with Crippen LogP contribution < -0.4 is 20.3 Å². The van der Waals surface area contributed by atoms with E-state index in [2.05, 4.69) is 15.6 Å². The van der Waals surface area contributed by atoms with E-state index in [0.717, 1.165) is 0 Å². The quantitative estimate of drug-likeness (QED) is 0.555. The summed E-state index contributed by atoms with van der Waals surface area (Å²) in [5.74, 6) is -0.0473. The summed E-state index contributed by atoms with van der Waals surface area (Å²) in [6.45, 7) is 2.33. The SMILES string of the molecule is CCOc1cc(/C=C/C(=O)NNC(=O)c2cc(C)oc2C)ccc1OC(F)F. The largest absolute Gasteiger partial charge is 0.490 e. The Hall–Kier alpha value is -3.36. The highest BCUT2D eigenvalue weighted by molar-refractivity contribution is 5.98.